The van der Waals surface area contributed by atoms with E-state index in [4.69, 9.17) is 4.84 Å². The van der Waals surface area contributed by atoms with Gasteiger partial charge in [-0.2, -0.15) is 12.1 Å². The molecule has 0 saturated carbocycles. The van der Waals surface area contributed by atoms with Crippen molar-refractivity contribution in [1.29, 1.82) is 0 Å². The van der Waals surface area contributed by atoms with E-state index in [0.717, 1.165) is 0 Å². The monoisotopic (exact) mass is 794 g/mol. The minimum atomic E-state index is -2.87. The van der Waals surface area contributed by atoms with Crippen molar-refractivity contribution in [2.75, 3.05) is 13.4 Å². The van der Waals surface area contributed by atoms with Crippen molar-refractivity contribution >= 4 is 18.8 Å². The molecule has 1 aromatic carbocycles. The van der Waals surface area contributed by atoms with Crippen LogP contribution in [0, 0.1) is 12.9 Å². The number of nitrogens with one attached hydrogen (secondary N) is 1. The van der Waals surface area contributed by atoms with Crippen molar-refractivity contribution in [3.63, 3.8) is 0 Å². The molecule has 141 valence electrons. The second kappa shape index (κ2) is 18.1. The zero-order valence-electron chi connectivity index (χ0n) is 15.4. The molecule has 2 rings (SSSR count). The van der Waals surface area contributed by atoms with Crippen LogP contribution in [0.2, 0.25) is 0 Å². The molecule has 1 N–H and O–H groups in total. The van der Waals surface area contributed by atoms with E-state index >= 15 is 0 Å². The van der Waals surface area contributed by atoms with E-state index in [2.05, 4.69) is 28.3 Å². The third kappa shape index (κ3) is 12.4. The average molecular weight is 794 g/mol. The number of benzene rings is 1. The van der Waals surface area contributed by atoms with Gasteiger partial charge in [0.25, 0.3) is 5.91 Å². The second-order valence-corrected chi connectivity index (χ2v) is 7.89. The van der Waals surface area contributed by atoms with Crippen LogP contribution in [0.15, 0.2) is 53.8 Å². The Bertz CT molecular complexity index is 768. The molecule has 1 unspecified atom stereocenters. The first kappa shape index (κ1) is 34.2. The molecule has 0 bridgehead atoms. The van der Waals surface area contributed by atoms with Gasteiger partial charge in [0.2, 0.25) is 0 Å². The fourth-order valence-electron chi connectivity index (χ4n) is 2.03. The number of hydrogen-bond acceptors (Lipinski definition) is 5. The predicted octanol–water partition coefficient (Wildman–Crippen LogP) is 2.65. The number of aromatic nitrogens is 1. The minimum absolute atomic E-state index is 0. The summed E-state index contributed by atoms with van der Waals surface area (Å²) >= 11 is 0. The molecule has 1 atom stereocenters. The number of nitrogens with zero attached hydrogens (tertiary/aromatic N) is 2. The third-order valence-electron chi connectivity index (χ3n) is 3.10. The fourth-order valence-corrected chi connectivity index (χ4v) is 3.37. The quantitative estimate of drug-likeness (QED) is 0.203. The van der Waals surface area contributed by atoms with Crippen LogP contribution in [0.4, 0.5) is 0 Å². The number of oxime groups is 1. The summed E-state index contributed by atoms with van der Waals surface area (Å²) in [6, 6.07) is 12.4. The molecule has 1 aromatic heterocycles. The van der Waals surface area contributed by atoms with Gasteiger partial charge in [-0.25, -0.2) is 0 Å². The van der Waals surface area contributed by atoms with Crippen LogP contribution in [0.3, 0.4) is 0 Å². The topological polar surface area (TPSA) is 80.7 Å². The molecule has 0 saturated heterocycles. The van der Waals surface area contributed by atoms with Crippen molar-refractivity contribution < 1.29 is 133 Å². The van der Waals surface area contributed by atoms with Gasteiger partial charge < -0.3 is 19.7 Å². The van der Waals surface area contributed by atoms with Crippen LogP contribution in [0.25, 0.3) is 0 Å². The Morgan fingerprint density at radius 2 is 1.86 bits per heavy atom. The Morgan fingerprint density at radius 1 is 1.21 bits per heavy atom. The first-order valence-corrected chi connectivity index (χ1v) is 9.47. The van der Waals surface area contributed by atoms with E-state index in [0.29, 0.717) is 11.1 Å². The number of carbonyl (C=O) groups is 1. The number of carbonyl (C=O) groups excluding carboxylic acids is 1. The molecule has 0 aliphatic carbocycles. The van der Waals surface area contributed by atoms with Gasteiger partial charge in [0, 0.05) is 131 Å². The van der Waals surface area contributed by atoms with Gasteiger partial charge in [-0.1, -0.05) is 47.9 Å². The number of pyridine rings is 1. The Balaban J connectivity index is -0.00000156. The standard InChI is InChI=1S/C17H18N3O3P.W.3Y/c1-23-20-16(15-8-4-3-5-9-15)17(21)19-13-24(2,22)12-14-7-6-10-18-11-14;;;;/h3-10H,2,12-13H2,1H3,(H,19,21);;;;/q-2;;;;/b20-16-;;;;. The summed E-state index contributed by atoms with van der Waals surface area (Å²) in [4.78, 5) is 20.9. The number of rotatable bonds is 7. The largest absolute Gasteiger partial charge is 0.398 e. The van der Waals surface area contributed by atoms with E-state index in [9.17, 15) is 9.36 Å². The summed E-state index contributed by atoms with van der Waals surface area (Å²) in [5, 5.41) is 6.37. The van der Waals surface area contributed by atoms with Crippen molar-refractivity contribution in [1.82, 2.24) is 10.3 Å². The Kier molecular flexibility index (Phi) is 22.1. The van der Waals surface area contributed by atoms with Gasteiger partial charge in [0.15, 0.2) is 5.71 Å². The van der Waals surface area contributed by atoms with Crippen molar-refractivity contribution in [2.45, 2.75) is 6.16 Å². The summed E-state index contributed by atoms with van der Waals surface area (Å²) in [5.41, 5.74) is 1.42. The molecule has 0 aliphatic rings. The molecule has 1 heterocycles. The third-order valence-corrected chi connectivity index (χ3v) is 4.75. The molecule has 28 heavy (non-hydrogen) atoms. The van der Waals surface area contributed by atoms with Crippen molar-refractivity contribution in [3.05, 3.63) is 72.6 Å². The van der Waals surface area contributed by atoms with E-state index in [1.54, 1.807) is 42.6 Å². The predicted molar refractivity (Wildman–Crippen MR) is 92.7 cm³/mol. The summed E-state index contributed by atoms with van der Waals surface area (Å²) in [6.45, 7) is 3.74. The van der Waals surface area contributed by atoms with Gasteiger partial charge in [-0.3, -0.25) is 11.5 Å². The van der Waals surface area contributed by atoms with Crippen LogP contribution in [0.5, 0.6) is 0 Å². The zero-order chi connectivity index (χ0) is 17.4. The van der Waals surface area contributed by atoms with Gasteiger partial charge in [0.05, 0.1) is 0 Å². The normalized spacial score (nSPS) is 11.9. The summed E-state index contributed by atoms with van der Waals surface area (Å²) < 4.78 is 12.6. The van der Waals surface area contributed by atoms with Gasteiger partial charge >= 0.3 is 0 Å². The van der Waals surface area contributed by atoms with Gasteiger partial charge in [-0.05, 0) is 13.3 Å². The Labute approximate surface area is 255 Å². The minimum Gasteiger partial charge on any atom is -0.398 e. The van der Waals surface area contributed by atoms with E-state index in [-0.39, 0.29) is 137 Å². The van der Waals surface area contributed by atoms with Crippen LogP contribution in [0.1, 0.15) is 11.1 Å². The maximum Gasteiger partial charge on any atom is 0.274 e. The first-order valence-electron chi connectivity index (χ1n) is 7.20. The molecule has 2 aromatic rings. The molecule has 1 amide bonds. The summed E-state index contributed by atoms with van der Waals surface area (Å²) in [7, 11) is -1.51. The maximum absolute atomic E-state index is 12.6. The molecule has 6 nitrogen and oxygen atoms in total. The van der Waals surface area contributed by atoms with Crippen LogP contribution in [-0.4, -0.2) is 30.0 Å². The summed E-state index contributed by atoms with van der Waals surface area (Å²) in [6.07, 6.45) is 4.51. The molecular formula is C17H18N3O3PWY3-2. The average Bonchev–Trinajstić information content (AvgIpc) is 2.59. The molecule has 11 heteroatoms. The van der Waals surface area contributed by atoms with Crippen molar-refractivity contribution in [3.8, 4) is 0 Å². The zero-order valence-corrected chi connectivity index (χ0v) is 27.8. The molecule has 0 spiro atoms. The number of amides is 1. The van der Waals surface area contributed by atoms with E-state index in [1.165, 1.54) is 7.11 Å². The Hall–Kier alpha value is 1.54. The molecule has 0 aliphatic heterocycles. The van der Waals surface area contributed by atoms with Gasteiger partial charge in [0.1, 0.15) is 7.11 Å². The van der Waals surface area contributed by atoms with Crippen LogP contribution < -0.4 is 5.32 Å². The van der Waals surface area contributed by atoms with Gasteiger partial charge in [-0.15, -0.1) is 5.56 Å². The number of hydrogen-bond donors (Lipinski definition) is 1. The summed E-state index contributed by atoms with van der Waals surface area (Å²) in [5.74, 6) is -0.470. The van der Waals surface area contributed by atoms with Crippen molar-refractivity contribution in [2.24, 2.45) is 5.16 Å². The Morgan fingerprint density at radius 3 is 2.39 bits per heavy atom. The fraction of sp³-hybridized carbons (Fsp3) is 0.176. The SMILES string of the molecule is [CH2-]P(=O)(CNC(=O)/C(=N\OC)c1ccccc1)Cc1[c-]nccc1.[W].[Y].[Y].[Y]. The van der Waals surface area contributed by atoms with Crippen LogP contribution in [-0.2, 0) is 140 Å². The smallest absolute Gasteiger partial charge is 0.274 e. The molecule has 0 fully saturated rings. The second-order valence-electron chi connectivity index (χ2n) is 5.14. The molecular weight excluding hydrogens is 776 g/mol. The maximum atomic E-state index is 12.6. The van der Waals surface area contributed by atoms with E-state index < -0.39 is 13.0 Å². The molecule has 3 radical (unpaired) electrons. The van der Waals surface area contributed by atoms with E-state index in [1.807, 2.05) is 6.07 Å². The van der Waals surface area contributed by atoms with Crippen LogP contribution >= 0.6 is 7.14 Å². The first-order chi connectivity index (χ1) is 11.5.